The van der Waals surface area contributed by atoms with E-state index < -0.39 is 0 Å². The highest BCUT2D eigenvalue weighted by molar-refractivity contribution is 6.35. The van der Waals surface area contributed by atoms with Crippen LogP contribution in [0, 0.1) is 23.7 Å². The van der Waals surface area contributed by atoms with Gasteiger partial charge in [-0.2, -0.15) is 10.1 Å². The number of fused-ring (bicyclic) bond motifs is 1. The summed E-state index contributed by atoms with van der Waals surface area (Å²) in [7, 11) is 1.54. The molecular weight excluding hydrogens is 463 g/mol. The second-order valence-corrected chi connectivity index (χ2v) is 9.35. The molecule has 1 saturated heterocycles. The molecule has 4 aliphatic rings. The van der Waals surface area contributed by atoms with Crippen LogP contribution in [0.4, 0.5) is 0 Å². The molecule has 3 aliphatic carbocycles. The number of methoxy groups -OCH3 is 1. The molecule has 33 heavy (non-hydrogen) atoms. The lowest BCUT2D eigenvalue weighted by Gasteiger charge is -2.37. The van der Waals surface area contributed by atoms with Crippen LogP contribution in [0.2, 0.25) is 10.0 Å². The molecule has 0 unspecified atom stereocenters. The summed E-state index contributed by atoms with van der Waals surface area (Å²) in [6.07, 6.45) is 7.60. The molecule has 1 heterocycles. The van der Waals surface area contributed by atoms with Crippen molar-refractivity contribution >= 4 is 41.2 Å². The van der Waals surface area contributed by atoms with E-state index in [-0.39, 0.29) is 42.1 Å². The van der Waals surface area contributed by atoms with E-state index in [0.29, 0.717) is 27.1 Å². The number of rotatable bonds is 6. The van der Waals surface area contributed by atoms with E-state index >= 15 is 0 Å². The smallest absolute Gasteiger partial charge is 0.254 e. The number of carbonyl (C=O) groups excluding carboxylic acids is 2. The van der Waals surface area contributed by atoms with Crippen molar-refractivity contribution in [3.63, 3.8) is 0 Å². The lowest BCUT2D eigenvalue weighted by atomic mass is 9.63. The van der Waals surface area contributed by atoms with Crippen molar-refractivity contribution in [2.45, 2.75) is 19.4 Å². The zero-order valence-electron chi connectivity index (χ0n) is 17.9. The van der Waals surface area contributed by atoms with Gasteiger partial charge in [0.15, 0.2) is 11.5 Å². The maximum atomic E-state index is 12.9. The minimum atomic E-state index is -0.275. The molecule has 2 amide bonds. The third-order valence-electron chi connectivity index (χ3n) is 6.64. The van der Waals surface area contributed by atoms with E-state index in [0.717, 1.165) is 23.4 Å². The summed E-state index contributed by atoms with van der Waals surface area (Å²) in [5.41, 5.74) is 1.48. The largest absolute Gasteiger partial charge is 0.493 e. The Balaban J connectivity index is 1.30. The summed E-state index contributed by atoms with van der Waals surface area (Å²) in [6, 6.07) is 10.5. The van der Waals surface area contributed by atoms with Gasteiger partial charge in [-0.15, -0.1) is 0 Å². The molecule has 0 spiro atoms. The molecule has 0 radical (unpaired) electrons. The monoisotopic (exact) mass is 484 g/mol. The maximum Gasteiger partial charge on any atom is 0.254 e. The first-order chi connectivity index (χ1) is 16.0. The minimum Gasteiger partial charge on any atom is -0.493 e. The predicted molar refractivity (Wildman–Crippen MR) is 126 cm³/mol. The van der Waals surface area contributed by atoms with Crippen LogP contribution in [0.3, 0.4) is 0 Å². The van der Waals surface area contributed by atoms with Crippen molar-refractivity contribution in [2.24, 2.45) is 28.8 Å². The Morgan fingerprint density at radius 2 is 1.70 bits per heavy atom. The Bertz CT molecular complexity index is 1150. The van der Waals surface area contributed by atoms with Crippen molar-refractivity contribution in [3.05, 3.63) is 69.7 Å². The number of ether oxygens (including phenoxy) is 2. The molecule has 8 heteroatoms. The first-order valence-electron chi connectivity index (χ1n) is 10.8. The number of amides is 2. The maximum absolute atomic E-state index is 12.9. The van der Waals surface area contributed by atoms with Gasteiger partial charge in [0.25, 0.3) is 11.8 Å². The fraction of sp³-hybridized carbons (Fsp3) is 0.320. The van der Waals surface area contributed by atoms with Gasteiger partial charge in [0.2, 0.25) is 0 Å². The van der Waals surface area contributed by atoms with E-state index in [1.807, 2.05) is 6.07 Å². The number of nitrogens with zero attached hydrogens (tertiary/aromatic N) is 2. The standard InChI is InChI=1S/C25H22Cl2N2O4/c1-32-21-10-14(2-9-20(21)33-13-17-7-8-18(26)11-19(17)27)12-28-29-24(30)22-15-3-4-16(6-5-15)23(22)25(29)31/h2-4,7-12,15-16,22-23H,5-6,13H2,1H3/b28-12-/t15-,16-,22-,23+/m1/s1. The summed E-state index contributed by atoms with van der Waals surface area (Å²) < 4.78 is 11.3. The molecule has 6 rings (SSSR count). The number of hydrogen-bond donors (Lipinski definition) is 0. The molecule has 2 aromatic carbocycles. The normalized spacial score (nSPS) is 25.7. The van der Waals surface area contributed by atoms with Gasteiger partial charge in [-0.05, 0) is 60.6 Å². The van der Waals surface area contributed by atoms with Gasteiger partial charge in [-0.25, -0.2) is 0 Å². The van der Waals surface area contributed by atoms with Crippen molar-refractivity contribution in [3.8, 4) is 11.5 Å². The number of imide groups is 1. The van der Waals surface area contributed by atoms with Gasteiger partial charge in [0.05, 0.1) is 25.2 Å². The Kier molecular flexibility index (Phi) is 5.89. The van der Waals surface area contributed by atoms with Crippen molar-refractivity contribution in [1.29, 1.82) is 0 Å². The van der Waals surface area contributed by atoms with E-state index in [9.17, 15) is 9.59 Å². The number of hydrazone groups is 1. The van der Waals surface area contributed by atoms with Crippen LogP contribution >= 0.6 is 23.2 Å². The second-order valence-electron chi connectivity index (χ2n) is 8.51. The average molecular weight is 485 g/mol. The fourth-order valence-corrected chi connectivity index (χ4v) is 5.44. The van der Waals surface area contributed by atoms with Crippen LogP contribution in [-0.4, -0.2) is 30.1 Å². The highest BCUT2D eigenvalue weighted by Crippen LogP contribution is 2.49. The van der Waals surface area contributed by atoms with E-state index in [1.165, 1.54) is 6.21 Å². The molecular formula is C25H22Cl2N2O4. The topological polar surface area (TPSA) is 68.2 Å². The van der Waals surface area contributed by atoms with Gasteiger partial charge in [0.1, 0.15) is 6.61 Å². The van der Waals surface area contributed by atoms with E-state index in [2.05, 4.69) is 17.3 Å². The first-order valence-corrected chi connectivity index (χ1v) is 11.6. The molecule has 2 fully saturated rings. The highest BCUT2D eigenvalue weighted by atomic mass is 35.5. The van der Waals surface area contributed by atoms with Crippen LogP contribution < -0.4 is 9.47 Å². The van der Waals surface area contributed by atoms with Crippen LogP contribution in [0.15, 0.2) is 53.7 Å². The molecule has 170 valence electrons. The Morgan fingerprint density at radius 3 is 2.30 bits per heavy atom. The van der Waals surface area contributed by atoms with Crippen LogP contribution in [0.5, 0.6) is 11.5 Å². The zero-order valence-corrected chi connectivity index (χ0v) is 19.4. The molecule has 1 saturated carbocycles. The number of hydrogen-bond acceptors (Lipinski definition) is 5. The number of carbonyl (C=O) groups is 2. The number of allylic oxidation sites excluding steroid dienone is 2. The molecule has 0 N–H and O–H groups in total. The second kappa shape index (κ2) is 8.84. The van der Waals surface area contributed by atoms with Gasteiger partial charge < -0.3 is 9.47 Å². The molecule has 1 aliphatic heterocycles. The van der Waals surface area contributed by atoms with Gasteiger partial charge >= 0.3 is 0 Å². The van der Waals surface area contributed by atoms with E-state index in [4.69, 9.17) is 32.7 Å². The highest BCUT2D eigenvalue weighted by Gasteiger charge is 2.56. The Morgan fingerprint density at radius 1 is 1.00 bits per heavy atom. The molecule has 2 bridgehead atoms. The quantitative estimate of drug-likeness (QED) is 0.324. The predicted octanol–water partition coefficient (Wildman–Crippen LogP) is 5.11. The molecule has 4 atom stereocenters. The lowest BCUT2D eigenvalue weighted by molar-refractivity contribution is -0.140. The summed E-state index contributed by atoms with van der Waals surface area (Å²) in [6.45, 7) is 0.246. The molecule has 0 aromatic heterocycles. The summed E-state index contributed by atoms with van der Waals surface area (Å²) in [4.78, 5) is 25.8. The molecule has 6 nitrogen and oxygen atoms in total. The average Bonchev–Trinajstić information content (AvgIpc) is 3.10. The number of benzene rings is 2. The van der Waals surface area contributed by atoms with Gasteiger partial charge in [-0.1, -0.05) is 41.4 Å². The summed E-state index contributed by atoms with van der Waals surface area (Å²) in [5, 5.41) is 6.38. The third kappa shape index (κ3) is 4.02. The summed E-state index contributed by atoms with van der Waals surface area (Å²) >= 11 is 12.2. The van der Waals surface area contributed by atoms with Crippen molar-refractivity contribution in [1.82, 2.24) is 5.01 Å². The van der Waals surface area contributed by atoms with E-state index in [1.54, 1.807) is 37.4 Å². The Hall–Kier alpha value is -2.83. The van der Waals surface area contributed by atoms with Crippen LogP contribution in [0.25, 0.3) is 0 Å². The number of halogens is 2. The van der Waals surface area contributed by atoms with Crippen LogP contribution in [-0.2, 0) is 16.2 Å². The fourth-order valence-electron chi connectivity index (χ4n) is 4.97. The molecule has 2 aromatic rings. The lowest BCUT2D eigenvalue weighted by Crippen LogP contribution is -2.38. The Labute approximate surface area is 201 Å². The SMILES string of the molecule is COc1cc(/C=N\N2C(=O)[C@@H]3[C@H](C2=O)[C@@H]2C=C[C@@H]3CC2)ccc1OCc1ccc(Cl)cc1Cl. The third-order valence-corrected chi connectivity index (χ3v) is 7.23. The van der Waals surface area contributed by atoms with Crippen molar-refractivity contribution in [2.75, 3.05) is 7.11 Å². The minimum absolute atomic E-state index is 0.141. The van der Waals surface area contributed by atoms with Crippen LogP contribution in [0.1, 0.15) is 24.0 Å². The van der Waals surface area contributed by atoms with Gasteiger partial charge in [-0.3, -0.25) is 9.59 Å². The summed E-state index contributed by atoms with van der Waals surface area (Å²) in [5.74, 6) is 0.359. The first kappa shape index (κ1) is 22.0. The zero-order chi connectivity index (χ0) is 23.1. The van der Waals surface area contributed by atoms with Crippen molar-refractivity contribution < 1.29 is 19.1 Å². The van der Waals surface area contributed by atoms with Gasteiger partial charge in [0, 0.05) is 15.6 Å².